The minimum Gasteiger partial charge on any atom is -0.652 e. The van der Waals surface area contributed by atoms with Crippen LogP contribution in [-0.4, -0.2) is 50.0 Å². The summed E-state index contributed by atoms with van der Waals surface area (Å²) in [6, 6.07) is 0. The van der Waals surface area contributed by atoms with E-state index in [2.05, 4.69) is 0 Å². The van der Waals surface area contributed by atoms with Crippen molar-refractivity contribution in [3.8, 4) is 0 Å². The van der Waals surface area contributed by atoms with E-state index in [1.54, 1.807) is 0 Å². The topological polar surface area (TPSA) is 315 Å². The van der Waals surface area contributed by atoms with Gasteiger partial charge in [-0.2, -0.15) is 0 Å². The first kappa shape index (κ1) is 183. The molecule has 0 rings (SSSR count). The molecule has 0 spiro atoms. The van der Waals surface area contributed by atoms with Crippen LogP contribution in [0.2, 0.25) is 0 Å². The zero-order valence-corrected chi connectivity index (χ0v) is 9.36. The van der Waals surface area contributed by atoms with E-state index < -0.39 is 6.16 Å². The normalized spacial score (nSPS) is 1.85. The second-order valence-electron chi connectivity index (χ2n) is 0.250. The summed E-state index contributed by atoms with van der Waals surface area (Å²) in [5.41, 5.74) is 0. The fourth-order valence-electron chi connectivity index (χ4n) is 0. The molecule has 0 atom stereocenters. The van der Waals surface area contributed by atoms with Gasteiger partial charge in [0.2, 0.25) is 0 Å². The third-order valence-electron chi connectivity index (χ3n) is 0. The number of hydrogen-bond acceptors (Lipinski definition) is 3. The maximum atomic E-state index is 8.33. The van der Waals surface area contributed by atoms with Gasteiger partial charge < -0.3 is 58.8 Å². The third-order valence-corrected chi connectivity index (χ3v) is 0. The van der Waals surface area contributed by atoms with Crippen LogP contribution in [0.5, 0.6) is 0 Å². The minimum atomic E-state index is -2.33. The van der Waals surface area contributed by atoms with Crippen LogP contribution in [0.3, 0.4) is 0 Å². The molecule has 0 fully saturated rings. The predicted molar refractivity (Wildman–Crippen MR) is 34.3 cm³/mol. The summed E-state index contributed by atoms with van der Waals surface area (Å²) in [4.78, 5) is 8.33. The van der Waals surface area contributed by atoms with E-state index in [1.807, 2.05) is 0 Å². The molecule has 0 unspecified atom stereocenters. The van der Waals surface area contributed by atoms with Crippen molar-refractivity contribution in [2.75, 3.05) is 0 Å². The first-order valence-corrected chi connectivity index (χ1v) is 0.612. The van der Waals surface area contributed by atoms with Crippen LogP contribution in [0.1, 0.15) is 0 Å². The molecule has 89 valence electrons. The summed E-state index contributed by atoms with van der Waals surface area (Å²) < 4.78 is 0. The Bertz CT molecular complexity index is 33.1. The van der Waals surface area contributed by atoms with Gasteiger partial charge in [-0.05, 0) is 6.16 Å². The smallest absolute Gasteiger partial charge is 0.652 e. The molecular formula is CH16CeO11+. The van der Waals surface area contributed by atoms with E-state index in [9.17, 15) is 0 Å². The van der Waals surface area contributed by atoms with E-state index in [1.165, 1.54) is 0 Å². The maximum Gasteiger partial charge on any atom is 3.00 e. The van der Waals surface area contributed by atoms with Gasteiger partial charge in [0.15, 0.2) is 0 Å². The van der Waals surface area contributed by atoms with Crippen molar-refractivity contribution < 1.29 is 101 Å². The van der Waals surface area contributed by atoms with Crippen LogP contribution in [0.25, 0.3) is 0 Å². The molecule has 12 heteroatoms. The Hall–Kier alpha value is 0.327. The molecule has 0 saturated heterocycles. The van der Waals surface area contributed by atoms with Gasteiger partial charge in [0.25, 0.3) is 0 Å². The number of carbonyl (C=O) groups excluding carboxylic acids is 1. The molecule has 0 aromatic heterocycles. The average Bonchev–Trinajstić information content (AvgIpc) is 0.811. The summed E-state index contributed by atoms with van der Waals surface area (Å²) in [7, 11) is 0. The van der Waals surface area contributed by atoms with Gasteiger partial charge in [0, 0.05) is 0 Å². The van der Waals surface area contributed by atoms with Crippen LogP contribution in [0, 0.1) is 41.7 Å². The van der Waals surface area contributed by atoms with Crippen LogP contribution < -0.4 is 10.2 Å². The summed E-state index contributed by atoms with van der Waals surface area (Å²) >= 11 is 0. The Morgan fingerprint density at radius 1 is 0.615 bits per heavy atom. The van der Waals surface area contributed by atoms with Gasteiger partial charge in [-0.3, -0.25) is 0 Å². The largest absolute Gasteiger partial charge is 3.00 e. The summed E-state index contributed by atoms with van der Waals surface area (Å²) in [6.07, 6.45) is -2.33. The van der Waals surface area contributed by atoms with E-state index in [4.69, 9.17) is 15.0 Å². The van der Waals surface area contributed by atoms with Crippen molar-refractivity contribution in [1.29, 1.82) is 0 Å². The molecule has 0 aromatic carbocycles. The average molecular weight is 344 g/mol. The van der Waals surface area contributed by atoms with Gasteiger partial charge >= 0.3 is 41.7 Å². The molecule has 0 aromatic rings. The van der Waals surface area contributed by atoms with Crippen molar-refractivity contribution in [2.24, 2.45) is 0 Å². The van der Waals surface area contributed by atoms with Crippen LogP contribution in [0.15, 0.2) is 0 Å². The standard InChI is InChI=1S/CH2O3.Ce.8H2O/c2-1(3)4;;;;;;;;;/h(H2,2,3,4);;8*1H2/q;+3;;;;;;;;/p-2. The Morgan fingerprint density at radius 2 is 0.615 bits per heavy atom. The van der Waals surface area contributed by atoms with Gasteiger partial charge in [-0.15, -0.1) is 0 Å². The predicted octanol–water partition coefficient (Wildman–Crippen LogP) is -9.04. The molecule has 11 nitrogen and oxygen atoms in total. The Morgan fingerprint density at radius 3 is 0.615 bits per heavy atom. The van der Waals surface area contributed by atoms with E-state index in [-0.39, 0.29) is 85.6 Å². The van der Waals surface area contributed by atoms with Gasteiger partial charge in [0.1, 0.15) is 0 Å². The molecule has 16 N–H and O–H groups in total. The molecule has 0 heterocycles. The molecule has 1 radical (unpaired) electrons. The van der Waals surface area contributed by atoms with E-state index in [0.29, 0.717) is 0 Å². The van der Waals surface area contributed by atoms with Gasteiger partial charge in [-0.25, -0.2) is 0 Å². The first-order valence-electron chi connectivity index (χ1n) is 0.612. The Labute approximate surface area is 106 Å². The van der Waals surface area contributed by atoms with Gasteiger partial charge in [-0.1, -0.05) is 0 Å². The fraction of sp³-hybridized carbons (Fsp3) is 0. The quantitative estimate of drug-likeness (QED) is 0.413. The summed E-state index contributed by atoms with van der Waals surface area (Å²) in [6.45, 7) is 0. The minimum absolute atomic E-state index is 0. The number of carboxylic acid groups (broad SMARTS) is 2. The summed E-state index contributed by atoms with van der Waals surface area (Å²) in [5.74, 6) is 0. The van der Waals surface area contributed by atoms with Gasteiger partial charge in [0.05, 0.1) is 0 Å². The molecular weight excluding hydrogens is 328 g/mol. The SMILES string of the molecule is O.O.O.O.O.O.O.O.O=C([O-])[O-].[Ce+3]. The number of hydrogen-bond donors (Lipinski definition) is 0. The summed E-state index contributed by atoms with van der Waals surface area (Å²) in [5, 5.41) is 16.7. The maximum absolute atomic E-state index is 8.33. The number of rotatable bonds is 0. The van der Waals surface area contributed by atoms with Crippen molar-refractivity contribution in [2.45, 2.75) is 0 Å². The zero-order valence-electron chi connectivity index (χ0n) is 6.22. The molecule has 0 aliphatic carbocycles. The molecule has 0 amide bonds. The second kappa shape index (κ2) is 143. The van der Waals surface area contributed by atoms with Crippen LogP contribution >= 0.6 is 0 Å². The molecule has 0 bridgehead atoms. The molecule has 13 heavy (non-hydrogen) atoms. The van der Waals surface area contributed by atoms with Crippen molar-refractivity contribution in [3.05, 3.63) is 0 Å². The molecule has 0 saturated carbocycles. The Balaban J connectivity index is -0.00000000125. The monoisotopic (exact) mass is 344 g/mol. The Kier molecular flexibility index (Phi) is 2010. The van der Waals surface area contributed by atoms with Crippen LogP contribution in [-0.2, 0) is 0 Å². The van der Waals surface area contributed by atoms with Crippen LogP contribution in [0.4, 0.5) is 4.79 Å². The zero-order chi connectivity index (χ0) is 3.58. The first-order chi connectivity index (χ1) is 1.73. The second-order valence-corrected chi connectivity index (χ2v) is 0.250. The van der Waals surface area contributed by atoms with Crippen molar-refractivity contribution >= 4 is 6.16 Å². The van der Waals surface area contributed by atoms with Crippen molar-refractivity contribution in [1.82, 2.24) is 0 Å². The number of carbonyl (C=O) groups is 1. The molecule has 0 aliphatic rings. The van der Waals surface area contributed by atoms with E-state index >= 15 is 0 Å². The fourth-order valence-corrected chi connectivity index (χ4v) is 0. The molecule has 0 aliphatic heterocycles. The van der Waals surface area contributed by atoms with Crippen molar-refractivity contribution in [3.63, 3.8) is 0 Å². The van der Waals surface area contributed by atoms with E-state index in [0.717, 1.165) is 0 Å². The third kappa shape index (κ3) is 12300.